The van der Waals surface area contributed by atoms with E-state index in [1.807, 2.05) is 29.3 Å². The number of nitrogens with one attached hydrogen (secondary N) is 1. The van der Waals surface area contributed by atoms with Crippen LogP contribution in [0.1, 0.15) is 37.4 Å². The first-order chi connectivity index (χ1) is 12.3. The molecule has 2 aromatic rings. The zero-order valence-corrected chi connectivity index (χ0v) is 14.5. The summed E-state index contributed by atoms with van der Waals surface area (Å²) >= 11 is 0. The maximum atomic E-state index is 12.4. The Morgan fingerprint density at radius 3 is 2.88 bits per heavy atom. The number of amides is 1. The molecule has 1 saturated heterocycles. The van der Waals surface area contributed by atoms with Gasteiger partial charge in [0.2, 0.25) is 5.91 Å². The smallest absolute Gasteiger partial charge is 0.248 e. The highest BCUT2D eigenvalue weighted by Crippen LogP contribution is 2.29. The minimum absolute atomic E-state index is 0.111. The van der Waals surface area contributed by atoms with Crippen LogP contribution >= 0.6 is 0 Å². The number of benzene rings is 1. The number of nitrogens with zero attached hydrogens (tertiary/aromatic N) is 2. The molecule has 132 valence electrons. The van der Waals surface area contributed by atoms with E-state index >= 15 is 0 Å². The number of H-pyrrole nitrogens is 1. The Hall–Kier alpha value is -2.14. The molecule has 5 nitrogen and oxygen atoms in total. The summed E-state index contributed by atoms with van der Waals surface area (Å²) in [6.07, 6.45) is 6.48. The van der Waals surface area contributed by atoms with Crippen LogP contribution in [-0.2, 0) is 9.53 Å². The topological polar surface area (TPSA) is 58.2 Å². The fourth-order valence-electron chi connectivity index (χ4n) is 3.42. The summed E-state index contributed by atoms with van der Waals surface area (Å²) in [5.74, 6) is 2.07. The average molecular weight is 339 g/mol. The molecule has 1 atom stereocenters. The van der Waals surface area contributed by atoms with Gasteiger partial charge in [-0.15, -0.1) is 0 Å². The Balaban J connectivity index is 1.36. The van der Waals surface area contributed by atoms with Crippen LogP contribution in [0.5, 0.6) is 0 Å². The third-order valence-electron chi connectivity index (χ3n) is 5.12. The Kier molecular flexibility index (Phi) is 4.83. The van der Waals surface area contributed by atoms with Crippen LogP contribution in [0.25, 0.3) is 11.3 Å². The minimum Gasteiger partial charge on any atom is -0.371 e. The fourth-order valence-corrected chi connectivity index (χ4v) is 3.42. The van der Waals surface area contributed by atoms with Crippen LogP contribution in [0.2, 0.25) is 0 Å². The maximum absolute atomic E-state index is 12.4. The summed E-state index contributed by atoms with van der Waals surface area (Å²) in [5, 5.41) is 0. The molecule has 0 bridgehead atoms. The number of rotatable bonds is 6. The van der Waals surface area contributed by atoms with Crippen molar-refractivity contribution >= 4 is 5.91 Å². The largest absolute Gasteiger partial charge is 0.371 e. The second-order valence-electron chi connectivity index (χ2n) is 7.19. The van der Waals surface area contributed by atoms with E-state index in [-0.39, 0.29) is 18.4 Å². The van der Waals surface area contributed by atoms with Crippen LogP contribution in [-0.4, -0.2) is 47.1 Å². The standard InChI is InChI=1S/C20H25N3O2/c24-19(14-25-13-15-8-9-15)23-10-4-7-17(12-23)20-21-11-18(22-20)16-5-2-1-3-6-16/h1-3,5-6,11,15,17H,4,7-10,12-14H2,(H,21,22)/t17-/m1/s1. The lowest BCUT2D eigenvalue weighted by Gasteiger charge is -2.31. The van der Waals surface area contributed by atoms with Crippen molar-refractivity contribution in [3.8, 4) is 11.3 Å². The predicted octanol–water partition coefficient (Wildman–Crippen LogP) is 3.21. The van der Waals surface area contributed by atoms with Crippen molar-refractivity contribution in [3.05, 3.63) is 42.4 Å². The molecule has 25 heavy (non-hydrogen) atoms. The number of carbonyl (C=O) groups is 1. The summed E-state index contributed by atoms with van der Waals surface area (Å²) in [5.41, 5.74) is 2.17. The normalized spacial score (nSPS) is 20.6. The van der Waals surface area contributed by atoms with E-state index in [1.165, 1.54) is 12.8 Å². The summed E-state index contributed by atoms with van der Waals surface area (Å²) in [6, 6.07) is 10.2. The predicted molar refractivity (Wildman–Crippen MR) is 96.1 cm³/mol. The van der Waals surface area contributed by atoms with Crippen LogP contribution < -0.4 is 0 Å². The van der Waals surface area contributed by atoms with Gasteiger partial charge in [-0.05, 0) is 37.2 Å². The van der Waals surface area contributed by atoms with Gasteiger partial charge in [0.25, 0.3) is 0 Å². The molecule has 2 heterocycles. The van der Waals surface area contributed by atoms with Gasteiger partial charge in [-0.2, -0.15) is 0 Å². The summed E-state index contributed by atoms with van der Waals surface area (Å²) in [6.45, 7) is 2.51. The van der Waals surface area contributed by atoms with Crippen LogP contribution in [0.3, 0.4) is 0 Å². The summed E-state index contributed by atoms with van der Waals surface area (Å²) < 4.78 is 5.56. The number of imidazole rings is 1. The molecule has 0 unspecified atom stereocenters. The van der Waals surface area contributed by atoms with Crippen LogP contribution in [0.4, 0.5) is 0 Å². The molecule has 0 radical (unpaired) electrons. The summed E-state index contributed by atoms with van der Waals surface area (Å²) in [4.78, 5) is 22.3. The third kappa shape index (κ3) is 4.10. The van der Waals surface area contributed by atoms with E-state index in [9.17, 15) is 4.79 Å². The monoisotopic (exact) mass is 339 g/mol. The maximum Gasteiger partial charge on any atom is 0.248 e. The lowest BCUT2D eigenvalue weighted by atomic mass is 9.97. The quantitative estimate of drug-likeness (QED) is 0.879. The Bertz CT molecular complexity index is 709. The molecule has 1 N–H and O–H groups in total. The molecule has 4 rings (SSSR count). The van der Waals surface area contributed by atoms with Gasteiger partial charge >= 0.3 is 0 Å². The van der Waals surface area contributed by atoms with Crippen molar-refractivity contribution in [2.24, 2.45) is 5.92 Å². The Labute approximate surface area is 148 Å². The number of carbonyl (C=O) groups excluding carboxylic acids is 1. The molecule has 1 amide bonds. The molecular formula is C20H25N3O2. The van der Waals surface area contributed by atoms with Gasteiger partial charge in [0.15, 0.2) is 0 Å². The number of aromatic nitrogens is 2. The summed E-state index contributed by atoms with van der Waals surface area (Å²) in [7, 11) is 0. The molecular weight excluding hydrogens is 314 g/mol. The second kappa shape index (κ2) is 7.40. The Morgan fingerprint density at radius 2 is 2.08 bits per heavy atom. The van der Waals surface area contributed by atoms with Gasteiger partial charge in [0.05, 0.1) is 18.5 Å². The Morgan fingerprint density at radius 1 is 1.24 bits per heavy atom. The van der Waals surface area contributed by atoms with Crippen molar-refractivity contribution in [1.29, 1.82) is 0 Å². The number of ether oxygens (including phenoxy) is 1. The van der Waals surface area contributed by atoms with Crippen molar-refractivity contribution in [2.75, 3.05) is 26.3 Å². The zero-order valence-electron chi connectivity index (χ0n) is 14.5. The molecule has 1 aromatic heterocycles. The second-order valence-corrected chi connectivity index (χ2v) is 7.19. The highest BCUT2D eigenvalue weighted by molar-refractivity contribution is 5.77. The molecule has 1 aliphatic heterocycles. The van der Waals surface area contributed by atoms with E-state index in [4.69, 9.17) is 4.74 Å². The van der Waals surface area contributed by atoms with E-state index in [0.717, 1.165) is 49.6 Å². The lowest BCUT2D eigenvalue weighted by molar-refractivity contribution is -0.137. The average Bonchev–Trinajstić information content (AvgIpc) is 3.35. The molecule has 0 spiro atoms. The fraction of sp³-hybridized carbons (Fsp3) is 0.500. The van der Waals surface area contributed by atoms with Gasteiger partial charge in [0, 0.05) is 19.0 Å². The molecule has 1 aromatic carbocycles. The highest BCUT2D eigenvalue weighted by atomic mass is 16.5. The van der Waals surface area contributed by atoms with Crippen molar-refractivity contribution in [3.63, 3.8) is 0 Å². The van der Waals surface area contributed by atoms with Gasteiger partial charge < -0.3 is 14.6 Å². The third-order valence-corrected chi connectivity index (χ3v) is 5.12. The van der Waals surface area contributed by atoms with Crippen molar-refractivity contribution in [2.45, 2.75) is 31.6 Å². The number of piperidine rings is 1. The number of aromatic amines is 1. The first-order valence-electron chi connectivity index (χ1n) is 9.25. The molecule has 2 fully saturated rings. The molecule has 2 aliphatic rings. The van der Waals surface area contributed by atoms with Gasteiger partial charge in [-0.3, -0.25) is 4.79 Å². The molecule has 1 aliphatic carbocycles. The zero-order chi connectivity index (χ0) is 17.1. The number of hydrogen-bond acceptors (Lipinski definition) is 3. The number of hydrogen-bond donors (Lipinski definition) is 1. The van der Waals surface area contributed by atoms with E-state index in [2.05, 4.69) is 22.1 Å². The first kappa shape index (κ1) is 16.3. The van der Waals surface area contributed by atoms with E-state index < -0.39 is 0 Å². The van der Waals surface area contributed by atoms with Gasteiger partial charge in [-0.25, -0.2) is 4.98 Å². The van der Waals surface area contributed by atoms with E-state index in [0.29, 0.717) is 5.92 Å². The minimum atomic E-state index is 0.111. The van der Waals surface area contributed by atoms with Crippen LogP contribution in [0.15, 0.2) is 36.5 Å². The van der Waals surface area contributed by atoms with E-state index in [1.54, 1.807) is 0 Å². The highest BCUT2D eigenvalue weighted by Gasteiger charge is 2.27. The van der Waals surface area contributed by atoms with Crippen molar-refractivity contribution in [1.82, 2.24) is 14.9 Å². The molecule has 5 heteroatoms. The lowest BCUT2D eigenvalue weighted by Crippen LogP contribution is -2.41. The molecule has 1 saturated carbocycles. The SMILES string of the molecule is O=C(COCC1CC1)N1CCC[C@@H](c2ncc(-c3ccccc3)[nH]2)C1. The first-order valence-corrected chi connectivity index (χ1v) is 9.25. The van der Waals surface area contributed by atoms with Crippen molar-refractivity contribution < 1.29 is 9.53 Å². The number of likely N-dealkylation sites (tertiary alicyclic amines) is 1. The van der Waals surface area contributed by atoms with Crippen LogP contribution in [0, 0.1) is 5.92 Å². The van der Waals surface area contributed by atoms with Gasteiger partial charge in [-0.1, -0.05) is 30.3 Å². The van der Waals surface area contributed by atoms with Gasteiger partial charge in [0.1, 0.15) is 12.4 Å².